The highest BCUT2D eigenvalue weighted by molar-refractivity contribution is 9.10. The zero-order valence-corrected chi connectivity index (χ0v) is 14.1. The van der Waals surface area contributed by atoms with Gasteiger partial charge in [-0.1, -0.05) is 58.4 Å². The smallest absolute Gasteiger partial charge is 0.205 e. The zero-order chi connectivity index (χ0) is 17.1. The molecule has 0 amide bonds. The summed E-state index contributed by atoms with van der Waals surface area (Å²) in [6.07, 6.45) is 0. The van der Waals surface area contributed by atoms with Crippen molar-refractivity contribution in [3.8, 4) is 12.1 Å². The fourth-order valence-electron chi connectivity index (χ4n) is 2.67. The van der Waals surface area contributed by atoms with Crippen LogP contribution in [0.25, 0.3) is 5.76 Å². The third kappa shape index (κ3) is 2.78. The topological polar surface area (TPSA) is 82.8 Å². The first-order valence-electron chi connectivity index (χ1n) is 7.18. The lowest BCUT2D eigenvalue weighted by molar-refractivity contribution is 0.357. The minimum absolute atomic E-state index is 0.0308. The Morgan fingerprint density at radius 2 is 1.54 bits per heavy atom. The van der Waals surface area contributed by atoms with Crippen LogP contribution in [0.5, 0.6) is 0 Å². The van der Waals surface area contributed by atoms with Gasteiger partial charge in [-0.25, -0.2) is 0 Å². The number of ether oxygens (including phenoxy) is 1. The van der Waals surface area contributed by atoms with Crippen LogP contribution in [-0.4, -0.2) is 0 Å². The zero-order valence-electron chi connectivity index (χ0n) is 12.5. The fraction of sp³-hybridized carbons (Fsp3) is 0.0526. The second-order valence-electron chi connectivity index (χ2n) is 5.20. The molecule has 0 aliphatic carbocycles. The minimum Gasteiger partial charge on any atom is -0.439 e. The molecular weight excluding hydrogens is 366 g/mol. The van der Waals surface area contributed by atoms with E-state index in [1.807, 2.05) is 54.6 Å². The molecule has 5 heteroatoms. The van der Waals surface area contributed by atoms with E-state index in [1.165, 1.54) is 0 Å². The van der Waals surface area contributed by atoms with Gasteiger partial charge in [0.2, 0.25) is 5.88 Å². The Balaban J connectivity index is 2.22. The van der Waals surface area contributed by atoms with Crippen LogP contribution in [0.1, 0.15) is 17.0 Å². The van der Waals surface area contributed by atoms with Crippen molar-refractivity contribution in [1.82, 2.24) is 0 Å². The molecule has 0 saturated carbocycles. The Bertz CT molecular complexity index is 916. The number of benzene rings is 2. The van der Waals surface area contributed by atoms with Crippen molar-refractivity contribution in [2.24, 2.45) is 5.73 Å². The second-order valence-corrected chi connectivity index (χ2v) is 6.11. The first-order chi connectivity index (χ1) is 11.7. The minimum atomic E-state index is -0.534. The van der Waals surface area contributed by atoms with E-state index < -0.39 is 5.92 Å². The molecule has 0 aromatic heterocycles. The van der Waals surface area contributed by atoms with Crippen molar-refractivity contribution < 1.29 is 4.74 Å². The molecule has 3 rings (SSSR count). The molecule has 1 aliphatic heterocycles. The monoisotopic (exact) mass is 377 g/mol. The largest absolute Gasteiger partial charge is 0.439 e. The molecule has 0 spiro atoms. The van der Waals surface area contributed by atoms with Crippen LogP contribution >= 0.6 is 15.9 Å². The number of hydrogen-bond donors (Lipinski definition) is 1. The van der Waals surface area contributed by atoms with Gasteiger partial charge >= 0.3 is 0 Å². The number of rotatable bonds is 2. The number of allylic oxidation sites excluding steroid dienone is 2. The molecule has 4 nitrogen and oxygen atoms in total. The van der Waals surface area contributed by atoms with E-state index in [1.54, 1.807) is 0 Å². The summed E-state index contributed by atoms with van der Waals surface area (Å²) in [5, 5.41) is 19.2. The maximum atomic E-state index is 9.74. The fourth-order valence-corrected chi connectivity index (χ4v) is 2.93. The molecule has 1 aliphatic rings. The molecule has 2 aromatic rings. The van der Waals surface area contributed by atoms with Gasteiger partial charge in [-0.15, -0.1) is 0 Å². The SMILES string of the molecule is N#CC1=C(N)OC(c2ccc(Br)cc2)=C(C#N)C1c1ccccc1. The molecule has 1 heterocycles. The van der Waals surface area contributed by atoms with Crippen LogP contribution in [0.15, 0.2) is 76.1 Å². The van der Waals surface area contributed by atoms with Gasteiger partial charge in [0.25, 0.3) is 0 Å². The van der Waals surface area contributed by atoms with Gasteiger partial charge in [-0.3, -0.25) is 0 Å². The van der Waals surface area contributed by atoms with E-state index in [4.69, 9.17) is 10.5 Å². The van der Waals surface area contributed by atoms with Crippen LogP contribution < -0.4 is 5.73 Å². The molecular formula is C19H12BrN3O. The van der Waals surface area contributed by atoms with Gasteiger partial charge in [0.05, 0.1) is 17.6 Å². The lowest BCUT2D eigenvalue weighted by Gasteiger charge is -2.26. The summed E-state index contributed by atoms with van der Waals surface area (Å²) < 4.78 is 6.57. The van der Waals surface area contributed by atoms with Crippen LogP contribution in [0.2, 0.25) is 0 Å². The summed E-state index contributed by atoms with van der Waals surface area (Å²) in [7, 11) is 0. The Hall–Kier alpha value is -3.02. The van der Waals surface area contributed by atoms with Gasteiger partial charge in [0.1, 0.15) is 11.6 Å². The van der Waals surface area contributed by atoms with E-state index in [9.17, 15) is 10.5 Å². The summed E-state index contributed by atoms with van der Waals surface area (Å²) in [5.74, 6) is -0.118. The van der Waals surface area contributed by atoms with Crippen molar-refractivity contribution in [3.05, 3.63) is 87.2 Å². The molecule has 24 heavy (non-hydrogen) atoms. The maximum Gasteiger partial charge on any atom is 0.205 e. The predicted molar refractivity (Wildman–Crippen MR) is 93.8 cm³/mol. The maximum absolute atomic E-state index is 9.74. The Kier molecular flexibility index (Phi) is 4.37. The van der Waals surface area contributed by atoms with Gasteiger partial charge in [-0.05, 0) is 17.7 Å². The number of halogens is 1. The number of nitriles is 2. The third-order valence-electron chi connectivity index (χ3n) is 3.78. The molecule has 1 unspecified atom stereocenters. The van der Waals surface area contributed by atoms with Crippen LogP contribution in [-0.2, 0) is 4.74 Å². The molecule has 2 aromatic carbocycles. The predicted octanol–water partition coefficient (Wildman–Crippen LogP) is 4.19. The molecule has 0 saturated heterocycles. The van der Waals surface area contributed by atoms with E-state index in [-0.39, 0.29) is 11.5 Å². The van der Waals surface area contributed by atoms with Crippen molar-refractivity contribution >= 4 is 21.7 Å². The van der Waals surface area contributed by atoms with E-state index in [0.29, 0.717) is 11.3 Å². The van der Waals surface area contributed by atoms with Gasteiger partial charge in [0, 0.05) is 10.0 Å². The first-order valence-corrected chi connectivity index (χ1v) is 7.97. The van der Waals surface area contributed by atoms with Crippen molar-refractivity contribution in [1.29, 1.82) is 10.5 Å². The quantitative estimate of drug-likeness (QED) is 0.849. The summed E-state index contributed by atoms with van der Waals surface area (Å²) in [4.78, 5) is 0. The molecule has 0 radical (unpaired) electrons. The van der Waals surface area contributed by atoms with Gasteiger partial charge in [0.15, 0.2) is 5.76 Å². The van der Waals surface area contributed by atoms with E-state index in [0.717, 1.165) is 15.6 Å². The summed E-state index contributed by atoms with van der Waals surface area (Å²) >= 11 is 3.38. The molecule has 2 N–H and O–H groups in total. The third-order valence-corrected chi connectivity index (χ3v) is 4.31. The van der Waals surface area contributed by atoms with Crippen molar-refractivity contribution in [2.45, 2.75) is 5.92 Å². The first kappa shape index (κ1) is 15.9. The van der Waals surface area contributed by atoms with Crippen molar-refractivity contribution in [2.75, 3.05) is 0 Å². The van der Waals surface area contributed by atoms with Gasteiger partial charge < -0.3 is 10.5 Å². The van der Waals surface area contributed by atoms with Crippen LogP contribution in [0, 0.1) is 22.7 Å². The normalized spacial score (nSPS) is 17.0. The Morgan fingerprint density at radius 1 is 0.917 bits per heavy atom. The average molecular weight is 378 g/mol. The van der Waals surface area contributed by atoms with Gasteiger partial charge in [-0.2, -0.15) is 10.5 Å². The summed E-state index contributed by atoms with van der Waals surface area (Å²) in [5.41, 5.74) is 8.15. The summed E-state index contributed by atoms with van der Waals surface area (Å²) in [6.45, 7) is 0. The lowest BCUT2D eigenvalue weighted by Crippen LogP contribution is -2.20. The van der Waals surface area contributed by atoms with E-state index in [2.05, 4.69) is 28.1 Å². The molecule has 116 valence electrons. The molecule has 0 fully saturated rings. The Morgan fingerprint density at radius 3 is 2.12 bits per heavy atom. The number of hydrogen-bond acceptors (Lipinski definition) is 4. The van der Waals surface area contributed by atoms with Crippen LogP contribution in [0.3, 0.4) is 0 Å². The highest BCUT2D eigenvalue weighted by atomic mass is 79.9. The Labute approximate surface area is 148 Å². The average Bonchev–Trinajstić information content (AvgIpc) is 2.62. The molecule has 1 atom stereocenters. The number of nitrogens with two attached hydrogens (primary N) is 1. The highest BCUT2D eigenvalue weighted by Crippen LogP contribution is 2.41. The van der Waals surface area contributed by atoms with Crippen LogP contribution in [0.4, 0.5) is 0 Å². The highest BCUT2D eigenvalue weighted by Gasteiger charge is 2.33. The molecule has 0 bridgehead atoms. The summed E-state index contributed by atoms with van der Waals surface area (Å²) in [6, 6.07) is 21.0. The lowest BCUT2D eigenvalue weighted by atomic mass is 9.83. The van der Waals surface area contributed by atoms with E-state index >= 15 is 0 Å². The van der Waals surface area contributed by atoms with Crippen molar-refractivity contribution in [3.63, 3.8) is 0 Å². The standard InChI is InChI=1S/C19H12BrN3O/c20-14-8-6-13(7-9-14)18-15(10-21)17(12-4-2-1-3-5-12)16(11-22)19(23)24-18/h1-9,17H,23H2. The number of nitrogens with zero attached hydrogens (tertiary/aromatic N) is 2. The second kappa shape index (κ2) is 6.62.